The van der Waals surface area contributed by atoms with E-state index in [1.54, 1.807) is 0 Å². The molecular weight excluding hydrogens is 272 g/mol. The van der Waals surface area contributed by atoms with Gasteiger partial charge >= 0.3 is 0 Å². The van der Waals surface area contributed by atoms with Crippen LogP contribution in [0.4, 0.5) is 0 Å². The molecule has 2 aliphatic rings. The Hall–Kier alpha value is -1.47. The molecule has 1 aromatic rings. The SMILES string of the molecule is CC(C)N1CC(c2nc(CN3CCOCC3)no2)CC1=O. The highest BCUT2D eigenvalue weighted by Gasteiger charge is 2.35. The molecule has 7 nitrogen and oxygen atoms in total. The average molecular weight is 294 g/mol. The van der Waals surface area contributed by atoms with E-state index in [-0.39, 0.29) is 17.9 Å². The van der Waals surface area contributed by atoms with E-state index >= 15 is 0 Å². The molecule has 0 N–H and O–H groups in total. The minimum atomic E-state index is 0.0332. The molecule has 1 unspecified atom stereocenters. The molecule has 2 saturated heterocycles. The Labute approximate surface area is 124 Å². The van der Waals surface area contributed by atoms with Crippen LogP contribution in [0.3, 0.4) is 0 Å². The fourth-order valence-electron chi connectivity index (χ4n) is 2.85. The molecule has 0 aliphatic carbocycles. The Bertz CT molecular complexity index is 496. The van der Waals surface area contributed by atoms with Crippen molar-refractivity contribution < 1.29 is 14.1 Å². The topological polar surface area (TPSA) is 71.7 Å². The van der Waals surface area contributed by atoms with Crippen LogP contribution in [-0.2, 0) is 16.1 Å². The third-order valence-electron chi connectivity index (χ3n) is 4.08. The van der Waals surface area contributed by atoms with Crippen molar-refractivity contribution >= 4 is 5.91 Å². The highest BCUT2D eigenvalue weighted by molar-refractivity contribution is 5.79. The number of aromatic nitrogens is 2. The van der Waals surface area contributed by atoms with Gasteiger partial charge in [0.2, 0.25) is 11.8 Å². The normalized spacial score (nSPS) is 24.2. The molecule has 0 spiro atoms. The van der Waals surface area contributed by atoms with E-state index < -0.39 is 0 Å². The first-order valence-corrected chi connectivity index (χ1v) is 7.55. The van der Waals surface area contributed by atoms with Gasteiger partial charge in [0, 0.05) is 32.1 Å². The third-order valence-corrected chi connectivity index (χ3v) is 4.08. The second kappa shape index (κ2) is 6.11. The van der Waals surface area contributed by atoms with Gasteiger partial charge in [-0.1, -0.05) is 5.16 Å². The maximum Gasteiger partial charge on any atom is 0.232 e. The Morgan fingerprint density at radius 3 is 2.76 bits per heavy atom. The van der Waals surface area contributed by atoms with E-state index in [9.17, 15) is 4.79 Å². The minimum Gasteiger partial charge on any atom is -0.379 e. The van der Waals surface area contributed by atoms with Gasteiger partial charge in [-0.3, -0.25) is 9.69 Å². The summed E-state index contributed by atoms with van der Waals surface area (Å²) in [6.07, 6.45) is 0.470. The van der Waals surface area contributed by atoms with Crippen LogP contribution in [0, 0.1) is 0 Å². The molecule has 0 saturated carbocycles. The van der Waals surface area contributed by atoms with E-state index in [4.69, 9.17) is 9.26 Å². The van der Waals surface area contributed by atoms with E-state index in [0.29, 0.717) is 31.2 Å². The standard InChI is InChI=1S/C14H22N4O3/c1-10(2)18-8-11(7-13(18)19)14-15-12(16-21-14)9-17-3-5-20-6-4-17/h10-11H,3-9H2,1-2H3. The van der Waals surface area contributed by atoms with Gasteiger partial charge in [-0.05, 0) is 13.8 Å². The minimum absolute atomic E-state index is 0.0332. The van der Waals surface area contributed by atoms with Gasteiger partial charge in [0.25, 0.3) is 0 Å². The number of ether oxygens (including phenoxy) is 1. The van der Waals surface area contributed by atoms with Crippen molar-refractivity contribution in [1.82, 2.24) is 19.9 Å². The van der Waals surface area contributed by atoms with Crippen LogP contribution in [0.25, 0.3) is 0 Å². The molecule has 0 bridgehead atoms. The van der Waals surface area contributed by atoms with Gasteiger partial charge in [-0.25, -0.2) is 0 Å². The molecule has 1 aromatic heterocycles. The van der Waals surface area contributed by atoms with E-state index in [0.717, 1.165) is 26.3 Å². The Morgan fingerprint density at radius 2 is 2.10 bits per heavy atom. The molecule has 1 atom stereocenters. The summed E-state index contributed by atoms with van der Waals surface area (Å²) >= 11 is 0. The van der Waals surface area contributed by atoms with Crippen LogP contribution in [-0.4, -0.2) is 64.7 Å². The quantitative estimate of drug-likeness (QED) is 0.811. The number of likely N-dealkylation sites (tertiary alicyclic amines) is 1. The Kier molecular flexibility index (Phi) is 4.21. The summed E-state index contributed by atoms with van der Waals surface area (Å²) < 4.78 is 10.7. The Balaban J connectivity index is 1.61. The summed E-state index contributed by atoms with van der Waals surface area (Å²) in [6.45, 7) is 8.71. The zero-order chi connectivity index (χ0) is 14.8. The number of carbonyl (C=O) groups is 1. The molecule has 116 valence electrons. The Morgan fingerprint density at radius 1 is 1.33 bits per heavy atom. The van der Waals surface area contributed by atoms with Crippen molar-refractivity contribution in [3.8, 4) is 0 Å². The molecule has 2 aliphatic heterocycles. The van der Waals surface area contributed by atoms with Crippen LogP contribution in [0.2, 0.25) is 0 Å². The van der Waals surface area contributed by atoms with E-state index in [1.165, 1.54) is 0 Å². The van der Waals surface area contributed by atoms with Gasteiger partial charge in [0.1, 0.15) is 0 Å². The summed E-state index contributed by atoms with van der Waals surface area (Å²) in [7, 11) is 0. The predicted octanol–water partition coefficient (Wildman–Crippen LogP) is 0.626. The summed E-state index contributed by atoms with van der Waals surface area (Å²) in [5.41, 5.74) is 0. The fraction of sp³-hybridized carbons (Fsp3) is 0.786. The lowest BCUT2D eigenvalue weighted by molar-refractivity contribution is -0.129. The van der Waals surface area contributed by atoms with E-state index in [2.05, 4.69) is 15.0 Å². The van der Waals surface area contributed by atoms with Crippen molar-refractivity contribution in [1.29, 1.82) is 0 Å². The highest BCUT2D eigenvalue weighted by Crippen LogP contribution is 2.28. The monoisotopic (exact) mass is 294 g/mol. The number of hydrogen-bond acceptors (Lipinski definition) is 6. The van der Waals surface area contributed by atoms with Crippen LogP contribution in [0.1, 0.15) is 37.9 Å². The largest absolute Gasteiger partial charge is 0.379 e. The smallest absolute Gasteiger partial charge is 0.232 e. The van der Waals surface area contributed by atoms with Crippen molar-refractivity contribution in [3.05, 3.63) is 11.7 Å². The lowest BCUT2D eigenvalue weighted by Crippen LogP contribution is -2.35. The van der Waals surface area contributed by atoms with Gasteiger partial charge < -0.3 is 14.2 Å². The molecule has 2 fully saturated rings. The van der Waals surface area contributed by atoms with Crippen molar-refractivity contribution in [2.45, 2.75) is 38.8 Å². The van der Waals surface area contributed by atoms with E-state index in [1.807, 2.05) is 18.7 Å². The summed E-state index contributed by atoms with van der Waals surface area (Å²) in [5, 5.41) is 4.05. The second-order valence-electron chi connectivity index (χ2n) is 5.98. The third kappa shape index (κ3) is 3.24. The van der Waals surface area contributed by atoms with Gasteiger partial charge in [-0.15, -0.1) is 0 Å². The van der Waals surface area contributed by atoms with Gasteiger partial charge in [0.15, 0.2) is 5.82 Å². The molecular formula is C14H22N4O3. The average Bonchev–Trinajstić information content (AvgIpc) is 3.06. The van der Waals surface area contributed by atoms with Gasteiger partial charge in [-0.2, -0.15) is 4.98 Å². The van der Waals surface area contributed by atoms with Crippen molar-refractivity contribution in [2.24, 2.45) is 0 Å². The zero-order valence-electron chi connectivity index (χ0n) is 12.6. The molecule has 1 amide bonds. The molecule has 3 rings (SSSR count). The molecule has 0 aromatic carbocycles. The van der Waals surface area contributed by atoms with Crippen LogP contribution in [0.5, 0.6) is 0 Å². The number of nitrogens with zero attached hydrogens (tertiary/aromatic N) is 4. The van der Waals surface area contributed by atoms with Crippen LogP contribution in [0.15, 0.2) is 4.52 Å². The van der Waals surface area contributed by atoms with Crippen molar-refractivity contribution in [2.75, 3.05) is 32.8 Å². The lowest BCUT2D eigenvalue weighted by atomic mass is 10.1. The lowest BCUT2D eigenvalue weighted by Gasteiger charge is -2.24. The van der Waals surface area contributed by atoms with Crippen LogP contribution < -0.4 is 0 Å². The molecule has 3 heterocycles. The maximum absolute atomic E-state index is 11.9. The number of hydrogen-bond donors (Lipinski definition) is 0. The van der Waals surface area contributed by atoms with Crippen LogP contribution >= 0.6 is 0 Å². The predicted molar refractivity (Wildman–Crippen MR) is 74.6 cm³/mol. The first-order chi connectivity index (χ1) is 10.1. The summed E-state index contributed by atoms with van der Waals surface area (Å²) in [6, 6.07) is 0.221. The second-order valence-corrected chi connectivity index (χ2v) is 5.98. The number of morpholine rings is 1. The number of amides is 1. The maximum atomic E-state index is 11.9. The molecule has 0 radical (unpaired) electrons. The fourth-order valence-corrected chi connectivity index (χ4v) is 2.85. The van der Waals surface area contributed by atoms with Crippen molar-refractivity contribution in [3.63, 3.8) is 0 Å². The number of carbonyl (C=O) groups excluding carboxylic acids is 1. The zero-order valence-corrected chi connectivity index (χ0v) is 12.6. The molecule has 21 heavy (non-hydrogen) atoms. The molecule has 7 heteroatoms. The first kappa shape index (κ1) is 14.5. The summed E-state index contributed by atoms with van der Waals surface area (Å²) in [4.78, 5) is 20.5. The first-order valence-electron chi connectivity index (χ1n) is 7.55. The summed E-state index contributed by atoms with van der Waals surface area (Å²) in [5.74, 6) is 1.49. The van der Waals surface area contributed by atoms with Gasteiger partial charge in [0.05, 0.1) is 25.7 Å². The highest BCUT2D eigenvalue weighted by atomic mass is 16.5. The number of rotatable bonds is 4.